The van der Waals surface area contributed by atoms with E-state index >= 15 is 0 Å². The van der Waals surface area contributed by atoms with Gasteiger partial charge < -0.3 is 9.84 Å². The van der Waals surface area contributed by atoms with Crippen molar-refractivity contribution in [2.45, 2.75) is 39.9 Å². The molecule has 34 heavy (non-hydrogen) atoms. The SMILES string of the molecule is Cc1c(OCc2ccn(C)n2)cc(C)n(-c2cc(-c3ccnc(C(C)(C)O)n3)ncc2Cl)c1=O. The van der Waals surface area contributed by atoms with Crippen molar-refractivity contribution in [3.63, 3.8) is 0 Å². The quantitative estimate of drug-likeness (QED) is 0.450. The lowest BCUT2D eigenvalue weighted by Gasteiger charge is -2.17. The highest BCUT2D eigenvalue weighted by Gasteiger charge is 2.21. The fraction of sp³-hybridized carbons (Fsp3) is 0.292. The fourth-order valence-electron chi connectivity index (χ4n) is 3.47. The molecule has 0 atom stereocenters. The number of halogens is 1. The zero-order chi connectivity index (χ0) is 24.6. The topological polar surface area (TPSA) is 108 Å². The number of aromatic nitrogens is 6. The van der Waals surface area contributed by atoms with E-state index in [9.17, 15) is 9.90 Å². The van der Waals surface area contributed by atoms with Gasteiger partial charge in [-0.1, -0.05) is 11.6 Å². The molecule has 0 unspecified atom stereocenters. The number of pyridine rings is 2. The maximum Gasteiger partial charge on any atom is 0.261 e. The van der Waals surface area contributed by atoms with E-state index in [2.05, 4.69) is 20.1 Å². The Hall–Kier alpha value is -3.56. The number of nitrogens with zero attached hydrogens (tertiary/aromatic N) is 6. The minimum atomic E-state index is -1.21. The Morgan fingerprint density at radius 2 is 1.91 bits per heavy atom. The molecule has 0 saturated carbocycles. The Kier molecular flexibility index (Phi) is 6.24. The summed E-state index contributed by atoms with van der Waals surface area (Å²) in [5.41, 5.74) is 1.86. The van der Waals surface area contributed by atoms with E-state index in [-0.39, 0.29) is 18.0 Å². The number of ether oxygens (including phenoxy) is 1. The van der Waals surface area contributed by atoms with Crippen molar-refractivity contribution in [3.05, 3.63) is 81.0 Å². The summed E-state index contributed by atoms with van der Waals surface area (Å²) in [6, 6.07) is 7.04. The molecule has 0 aliphatic carbocycles. The van der Waals surface area contributed by atoms with Gasteiger partial charge in [-0.05, 0) is 45.9 Å². The van der Waals surface area contributed by atoms with E-state index < -0.39 is 5.60 Å². The van der Waals surface area contributed by atoms with Crippen LogP contribution in [0, 0.1) is 13.8 Å². The first-order valence-electron chi connectivity index (χ1n) is 10.6. The summed E-state index contributed by atoms with van der Waals surface area (Å²) in [5.74, 6) is 0.752. The minimum absolute atomic E-state index is 0.252. The van der Waals surface area contributed by atoms with Gasteiger partial charge in [0.2, 0.25) is 0 Å². The number of aryl methyl sites for hydroxylation is 2. The molecule has 0 saturated heterocycles. The average Bonchev–Trinajstić information content (AvgIpc) is 3.21. The highest BCUT2D eigenvalue weighted by Crippen LogP contribution is 2.27. The van der Waals surface area contributed by atoms with Crippen molar-refractivity contribution in [2.75, 3.05) is 0 Å². The van der Waals surface area contributed by atoms with Crippen LogP contribution in [0.5, 0.6) is 5.75 Å². The van der Waals surface area contributed by atoms with Crippen molar-refractivity contribution in [2.24, 2.45) is 7.05 Å². The van der Waals surface area contributed by atoms with Crippen LogP contribution in [-0.2, 0) is 19.3 Å². The van der Waals surface area contributed by atoms with E-state index in [0.717, 1.165) is 5.69 Å². The predicted molar refractivity (Wildman–Crippen MR) is 128 cm³/mol. The van der Waals surface area contributed by atoms with Gasteiger partial charge in [-0.25, -0.2) is 9.97 Å². The molecular formula is C24H25ClN6O3. The lowest BCUT2D eigenvalue weighted by Crippen LogP contribution is -2.24. The van der Waals surface area contributed by atoms with Crippen LogP contribution in [0.4, 0.5) is 0 Å². The average molecular weight is 481 g/mol. The van der Waals surface area contributed by atoms with Crippen LogP contribution in [-0.4, -0.2) is 34.4 Å². The second-order valence-corrected chi connectivity index (χ2v) is 8.94. The molecule has 0 spiro atoms. The molecule has 0 aliphatic rings. The van der Waals surface area contributed by atoms with Gasteiger partial charge in [-0.2, -0.15) is 5.10 Å². The number of hydrogen-bond donors (Lipinski definition) is 1. The second kappa shape index (κ2) is 9.00. The van der Waals surface area contributed by atoms with E-state index in [0.29, 0.717) is 39.1 Å². The van der Waals surface area contributed by atoms with Crippen LogP contribution in [0.3, 0.4) is 0 Å². The van der Waals surface area contributed by atoms with Gasteiger partial charge in [0.15, 0.2) is 5.82 Å². The third-order valence-corrected chi connectivity index (χ3v) is 5.56. The Morgan fingerprint density at radius 3 is 2.59 bits per heavy atom. The number of rotatable bonds is 6. The highest BCUT2D eigenvalue weighted by molar-refractivity contribution is 6.32. The molecule has 0 aromatic carbocycles. The molecule has 4 rings (SSSR count). The van der Waals surface area contributed by atoms with Crippen LogP contribution in [0.1, 0.15) is 36.6 Å². The summed E-state index contributed by atoms with van der Waals surface area (Å²) in [6.07, 6.45) is 4.87. The van der Waals surface area contributed by atoms with Crippen molar-refractivity contribution < 1.29 is 9.84 Å². The van der Waals surface area contributed by atoms with Crippen molar-refractivity contribution in [1.82, 2.24) is 29.3 Å². The molecule has 1 N–H and O–H groups in total. The zero-order valence-corrected chi connectivity index (χ0v) is 20.3. The van der Waals surface area contributed by atoms with Crippen LogP contribution in [0.15, 0.2) is 47.7 Å². The predicted octanol–water partition coefficient (Wildman–Crippen LogP) is 3.50. The maximum absolute atomic E-state index is 13.3. The van der Waals surface area contributed by atoms with Crippen LogP contribution in [0.25, 0.3) is 17.1 Å². The van der Waals surface area contributed by atoms with Crippen LogP contribution >= 0.6 is 11.6 Å². The Labute approximate surface area is 201 Å². The van der Waals surface area contributed by atoms with Gasteiger partial charge in [0.1, 0.15) is 18.0 Å². The molecular weight excluding hydrogens is 456 g/mol. The number of hydrogen-bond acceptors (Lipinski definition) is 7. The van der Waals surface area contributed by atoms with Gasteiger partial charge in [-0.15, -0.1) is 0 Å². The normalized spacial score (nSPS) is 11.6. The molecule has 4 heterocycles. The highest BCUT2D eigenvalue weighted by atomic mass is 35.5. The van der Waals surface area contributed by atoms with Gasteiger partial charge >= 0.3 is 0 Å². The van der Waals surface area contributed by atoms with Crippen molar-refractivity contribution in [3.8, 4) is 22.8 Å². The third kappa shape index (κ3) is 4.71. The summed E-state index contributed by atoms with van der Waals surface area (Å²) in [4.78, 5) is 26.3. The first kappa shape index (κ1) is 23.6. The van der Waals surface area contributed by atoms with E-state index in [1.165, 1.54) is 10.8 Å². The minimum Gasteiger partial charge on any atom is -0.487 e. The third-order valence-electron chi connectivity index (χ3n) is 5.27. The van der Waals surface area contributed by atoms with Gasteiger partial charge in [-0.3, -0.25) is 19.0 Å². The molecule has 0 fully saturated rings. The molecule has 0 radical (unpaired) electrons. The van der Waals surface area contributed by atoms with E-state index in [1.54, 1.807) is 49.8 Å². The van der Waals surface area contributed by atoms with Gasteiger partial charge in [0, 0.05) is 37.4 Å². The van der Waals surface area contributed by atoms with Crippen LogP contribution < -0.4 is 10.3 Å². The summed E-state index contributed by atoms with van der Waals surface area (Å²) < 4.78 is 9.10. The Balaban J connectivity index is 1.73. The summed E-state index contributed by atoms with van der Waals surface area (Å²) in [7, 11) is 1.83. The Bertz CT molecular complexity index is 1420. The Morgan fingerprint density at radius 1 is 1.15 bits per heavy atom. The van der Waals surface area contributed by atoms with Crippen molar-refractivity contribution >= 4 is 11.6 Å². The largest absolute Gasteiger partial charge is 0.487 e. The molecule has 4 aromatic heterocycles. The van der Waals surface area contributed by atoms with E-state index in [4.69, 9.17) is 16.3 Å². The molecule has 0 amide bonds. The number of aliphatic hydroxyl groups is 1. The molecule has 4 aromatic rings. The molecule has 10 heteroatoms. The first-order chi connectivity index (χ1) is 16.0. The zero-order valence-electron chi connectivity index (χ0n) is 19.6. The lowest BCUT2D eigenvalue weighted by atomic mass is 10.1. The first-order valence-corrected chi connectivity index (χ1v) is 11.0. The smallest absolute Gasteiger partial charge is 0.261 e. The van der Waals surface area contributed by atoms with Gasteiger partial charge in [0.05, 0.1) is 33.4 Å². The second-order valence-electron chi connectivity index (χ2n) is 8.53. The molecule has 176 valence electrons. The fourth-order valence-corrected chi connectivity index (χ4v) is 3.66. The molecule has 0 aliphatic heterocycles. The molecule has 9 nitrogen and oxygen atoms in total. The lowest BCUT2D eigenvalue weighted by molar-refractivity contribution is 0.0688. The summed E-state index contributed by atoms with van der Waals surface area (Å²) in [6.45, 7) is 6.98. The maximum atomic E-state index is 13.3. The monoisotopic (exact) mass is 480 g/mol. The van der Waals surface area contributed by atoms with Crippen LogP contribution in [0.2, 0.25) is 5.02 Å². The standard InChI is InChI=1S/C24H25ClN6O3/c1-14-10-21(34-13-16-7-9-30(5)29-16)15(2)22(32)31(14)20-11-19(27-12-17(20)25)18-6-8-26-23(28-18)24(3,4)33/h6-12,33H,13H2,1-5H3. The summed E-state index contributed by atoms with van der Waals surface area (Å²) in [5, 5.41) is 14.9. The summed E-state index contributed by atoms with van der Waals surface area (Å²) >= 11 is 6.46. The van der Waals surface area contributed by atoms with E-state index in [1.807, 2.05) is 26.2 Å². The van der Waals surface area contributed by atoms with Gasteiger partial charge in [0.25, 0.3) is 5.56 Å². The van der Waals surface area contributed by atoms with Crippen molar-refractivity contribution in [1.29, 1.82) is 0 Å². The molecule has 0 bridgehead atoms.